The summed E-state index contributed by atoms with van der Waals surface area (Å²) in [5.74, 6) is 1.01. The fourth-order valence-electron chi connectivity index (χ4n) is 3.73. The zero-order chi connectivity index (χ0) is 19.0. The predicted molar refractivity (Wildman–Crippen MR) is 98.3 cm³/mol. The largest absolute Gasteiger partial charge is 0.485 e. The van der Waals surface area contributed by atoms with Crippen LogP contribution in [0.1, 0.15) is 36.0 Å². The topological polar surface area (TPSA) is 59.0 Å². The predicted octanol–water partition coefficient (Wildman–Crippen LogP) is 4.85. The Labute approximate surface area is 161 Å². The van der Waals surface area contributed by atoms with Crippen molar-refractivity contribution in [3.8, 4) is 11.5 Å². The maximum absolute atomic E-state index is 14.3. The van der Waals surface area contributed by atoms with Crippen molar-refractivity contribution < 1.29 is 23.8 Å². The van der Waals surface area contributed by atoms with Crippen LogP contribution in [0.2, 0.25) is 5.02 Å². The van der Waals surface area contributed by atoms with Crippen molar-refractivity contribution in [1.29, 1.82) is 0 Å². The molecule has 1 N–H and O–H groups in total. The van der Waals surface area contributed by atoms with E-state index < -0.39 is 18.0 Å². The van der Waals surface area contributed by atoms with Crippen LogP contribution in [0, 0.1) is 5.82 Å². The molecule has 1 fully saturated rings. The summed E-state index contributed by atoms with van der Waals surface area (Å²) in [5.41, 5.74) is 1.39. The smallest absolute Gasteiger partial charge is 0.407 e. The third-order valence-electron chi connectivity index (χ3n) is 5.17. The summed E-state index contributed by atoms with van der Waals surface area (Å²) in [7, 11) is 0. The molecule has 1 saturated heterocycles. The van der Waals surface area contributed by atoms with Crippen molar-refractivity contribution in [1.82, 2.24) is 4.90 Å². The monoisotopic (exact) mass is 391 g/mol. The number of ether oxygens (including phenoxy) is 2. The van der Waals surface area contributed by atoms with Crippen LogP contribution < -0.4 is 9.47 Å². The molecule has 0 bridgehead atoms. The van der Waals surface area contributed by atoms with Gasteiger partial charge in [0.1, 0.15) is 12.4 Å². The Morgan fingerprint density at radius 3 is 2.67 bits per heavy atom. The molecule has 0 aromatic heterocycles. The van der Waals surface area contributed by atoms with E-state index >= 15 is 0 Å². The minimum absolute atomic E-state index is 0.174. The number of nitrogens with zero attached hydrogens (tertiary/aromatic N) is 1. The minimum atomic E-state index is -0.888. The van der Waals surface area contributed by atoms with Gasteiger partial charge < -0.3 is 19.5 Å². The van der Waals surface area contributed by atoms with Gasteiger partial charge in [0.25, 0.3) is 0 Å². The molecule has 2 aliphatic heterocycles. The number of para-hydroxylation sites is 1. The van der Waals surface area contributed by atoms with Crippen LogP contribution in [-0.4, -0.2) is 35.8 Å². The summed E-state index contributed by atoms with van der Waals surface area (Å²) in [4.78, 5) is 12.5. The van der Waals surface area contributed by atoms with Gasteiger partial charge in [0.15, 0.2) is 17.6 Å². The van der Waals surface area contributed by atoms with E-state index in [9.17, 15) is 9.18 Å². The first kappa shape index (κ1) is 17.9. The molecule has 142 valence electrons. The van der Waals surface area contributed by atoms with Crippen molar-refractivity contribution in [2.45, 2.75) is 24.9 Å². The molecular formula is C20H19ClFNO4. The average molecular weight is 392 g/mol. The normalized spacial score (nSPS) is 19.8. The summed E-state index contributed by atoms with van der Waals surface area (Å²) < 4.78 is 26.3. The molecule has 2 aliphatic rings. The Kier molecular flexibility index (Phi) is 4.83. The first-order valence-electron chi connectivity index (χ1n) is 8.88. The fraction of sp³-hybridized carbons (Fsp3) is 0.350. The van der Waals surface area contributed by atoms with Gasteiger partial charge in [-0.3, -0.25) is 0 Å². The lowest BCUT2D eigenvalue weighted by molar-refractivity contribution is 0.0856. The molecule has 0 aliphatic carbocycles. The lowest BCUT2D eigenvalue weighted by atomic mass is 9.88. The Balaban J connectivity index is 1.59. The number of hydrogen-bond donors (Lipinski definition) is 1. The standard InChI is InChI=1S/C20H19ClFNO4/c21-13-4-5-15(16(22)10-13)18-11-26-17-3-1-2-14(19(17)27-18)12-6-8-23(9-7-12)20(24)25/h1-5,10,12,18H,6-9,11H2,(H,24,25)/t18-/m0/s1. The highest BCUT2D eigenvalue weighted by Gasteiger charge is 2.31. The molecule has 2 heterocycles. The van der Waals surface area contributed by atoms with E-state index in [-0.39, 0.29) is 12.5 Å². The van der Waals surface area contributed by atoms with E-state index in [2.05, 4.69) is 0 Å². The lowest BCUT2D eigenvalue weighted by Gasteiger charge is -2.34. The Morgan fingerprint density at radius 2 is 1.96 bits per heavy atom. The number of amides is 1. The zero-order valence-corrected chi connectivity index (χ0v) is 15.3. The second-order valence-corrected chi connectivity index (χ2v) is 7.24. The van der Waals surface area contributed by atoms with Crippen molar-refractivity contribution in [2.24, 2.45) is 0 Å². The SMILES string of the molecule is O=C(O)N1CCC(c2cccc3c2O[C@H](c2ccc(Cl)cc2F)CO3)CC1. The van der Waals surface area contributed by atoms with Gasteiger partial charge in [-0.2, -0.15) is 0 Å². The molecule has 0 radical (unpaired) electrons. The van der Waals surface area contributed by atoms with Crippen LogP contribution in [0.5, 0.6) is 11.5 Å². The number of likely N-dealkylation sites (tertiary alicyclic amines) is 1. The molecule has 1 amide bonds. The molecule has 27 heavy (non-hydrogen) atoms. The maximum atomic E-state index is 14.3. The van der Waals surface area contributed by atoms with Gasteiger partial charge in [-0.15, -0.1) is 0 Å². The van der Waals surface area contributed by atoms with E-state index in [1.807, 2.05) is 18.2 Å². The molecule has 0 unspecified atom stereocenters. The average Bonchev–Trinajstić information content (AvgIpc) is 2.67. The van der Waals surface area contributed by atoms with Crippen LogP contribution in [0.15, 0.2) is 36.4 Å². The summed E-state index contributed by atoms with van der Waals surface area (Å²) in [6.45, 7) is 1.19. The van der Waals surface area contributed by atoms with Gasteiger partial charge in [-0.25, -0.2) is 9.18 Å². The van der Waals surface area contributed by atoms with E-state index in [1.54, 1.807) is 12.1 Å². The molecule has 2 aromatic carbocycles. The second-order valence-electron chi connectivity index (χ2n) is 6.80. The Hall–Kier alpha value is -2.47. The molecular weight excluding hydrogens is 373 g/mol. The van der Waals surface area contributed by atoms with Gasteiger partial charge in [0.05, 0.1) is 0 Å². The van der Waals surface area contributed by atoms with Crippen molar-refractivity contribution in [3.63, 3.8) is 0 Å². The quantitative estimate of drug-likeness (QED) is 0.795. The van der Waals surface area contributed by atoms with E-state index in [0.717, 1.165) is 5.56 Å². The minimum Gasteiger partial charge on any atom is -0.485 e. The number of carbonyl (C=O) groups is 1. The van der Waals surface area contributed by atoms with Gasteiger partial charge in [-0.05, 0) is 37.0 Å². The number of benzene rings is 2. The fourth-order valence-corrected chi connectivity index (χ4v) is 3.89. The molecule has 7 heteroatoms. The van der Waals surface area contributed by atoms with E-state index in [0.29, 0.717) is 48.0 Å². The third kappa shape index (κ3) is 3.54. The van der Waals surface area contributed by atoms with Crippen molar-refractivity contribution in [2.75, 3.05) is 19.7 Å². The molecule has 0 saturated carbocycles. The first-order chi connectivity index (χ1) is 13.0. The van der Waals surface area contributed by atoms with E-state index in [4.69, 9.17) is 26.2 Å². The van der Waals surface area contributed by atoms with Crippen molar-refractivity contribution >= 4 is 17.7 Å². The van der Waals surface area contributed by atoms with Crippen molar-refractivity contribution in [3.05, 3.63) is 58.4 Å². The van der Waals surface area contributed by atoms with Crippen LogP contribution in [0.3, 0.4) is 0 Å². The highest BCUT2D eigenvalue weighted by molar-refractivity contribution is 6.30. The zero-order valence-electron chi connectivity index (χ0n) is 14.5. The molecule has 0 spiro atoms. The lowest BCUT2D eigenvalue weighted by Crippen LogP contribution is -2.37. The maximum Gasteiger partial charge on any atom is 0.407 e. The van der Waals surface area contributed by atoms with E-state index in [1.165, 1.54) is 11.0 Å². The second kappa shape index (κ2) is 7.27. The van der Waals surface area contributed by atoms with Crippen LogP contribution in [0.4, 0.5) is 9.18 Å². The number of hydrogen-bond acceptors (Lipinski definition) is 3. The first-order valence-corrected chi connectivity index (χ1v) is 9.26. The van der Waals surface area contributed by atoms with Gasteiger partial charge in [-0.1, -0.05) is 29.8 Å². The van der Waals surface area contributed by atoms with Gasteiger partial charge in [0.2, 0.25) is 0 Å². The summed E-state index contributed by atoms with van der Waals surface area (Å²) in [5, 5.41) is 9.46. The molecule has 4 rings (SSSR count). The Bertz CT molecular complexity index is 867. The summed E-state index contributed by atoms with van der Waals surface area (Å²) in [6.07, 6.45) is -0.0190. The van der Waals surface area contributed by atoms with Gasteiger partial charge in [0, 0.05) is 29.2 Å². The van der Waals surface area contributed by atoms with Gasteiger partial charge >= 0.3 is 6.09 Å². The number of carboxylic acid groups (broad SMARTS) is 1. The Morgan fingerprint density at radius 1 is 1.19 bits per heavy atom. The molecule has 1 atom stereocenters. The number of rotatable bonds is 2. The highest BCUT2D eigenvalue weighted by Crippen LogP contribution is 2.44. The molecule has 5 nitrogen and oxygen atoms in total. The van der Waals surface area contributed by atoms with Crippen LogP contribution >= 0.6 is 11.6 Å². The third-order valence-corrected chi connectivity index (χ3v) is 5.41. The summed E-state index contributed by atoms with van der Waals surface area (Å²) >= 11 is 5.84. The number of halogens is 2. The number of piperidine rings is 1. The highest BCUT2D eigenvalue weighted by atomic mass is 35.5. The number of fused-ring (bicyclic) bond motifs is 1. The summed E-state index contributed by atoms with van der Waals surface area (Å²) in [6, 6.07) is 10.2. The molecule has 2 aromatic rings. The van der Waals surface area contributed by atoms with Crippen LogP contribution in [0.25, 0.3) is 0 Å². The van der Waals surface area contributed by atoms with Crippen LogP contribution in [-0.2, 0) is 0 Å².